The minimum Gasteiger partial charge on any atom is -0.453 e. The Labute approximate surface area is 95.3 Å². The van der Waals surface area contributed by atoms with E-state index in [0.717, 1.165) is 6.07 Å². The highest BCUT2D eigenvalue weighted by molar-refractivity contribution is 5.85. The molecule has 0 saturated carbocycles. The third kappa shape index (κ3) is 4.21. The average Bonchev–Trinajstić information content (AvgIpc) is 2.19. The molecule has 0 unspecified atom stereocenters. The first-order chi connectivity index (χ1) is 7.81. The predicted octanol–water partition coefficient (Wildman–Crippen LogP) is 3.07. The number of halogens is 3. The molecule has 94 valence electrons. The molecule has 0 spiro atoms. The van der Waals surface area contributed by atoms with Gasteiger partial charge in [-0.2, -0.15) is 0 Å². The van der Waals surface area contributed by atoms with Gasteiger partial charge in [0.1, 0.15) is 5.75 Å². The van der Waals surface area contributed by atoms with Crippen LogP contribution in [-0.2, 0) is 4.74 Å². The molecule has 1 N–H and O–H groups in total. The van der Waals surface area contributed by atoms with Crippen molar-refractivity contribution in [2.45, 2.75) is 13.3 Å². The summed E-state index contributed by atoms with van der Waals surface area (Å²) >= 11 is 0. The Morgan fingerprint density at radius 1 is 1.35 bits per heavy atom. The summed E-state index contributed by atoms with van der Waals surface area (Å²) in [4.78, 5) is 10.9. The van der Waals surface area contributed by atoms with Crippen LogP contribution in [0.25, 0.3) is 0 Å². The molecule has 0 saturated heterocycles. The van der Waals surface area contributed by atoms with Crippen LogP contribution in [0.5, 0.6) is 5.75 Å². The smallest absolute Gasteiger partial charge is 0.453 e. The third-order valence-corrected chi connectivity index (χ3v) is 1.85. The first kappa shape index (κ1) is 13.1. The normalized spacial score (nSPS) is 10.9. The highest BCUT2D eigenvalue weighted by atomic mass is 19.4. The summed E-state index contributed by atoms with van der Waals surface area (Å²) < 4.78 is 43.9. The maximum atomic E-state index is 11.9. The van der Waals surface area contributed by atoms with Gasteiger partial charge in [0, 0.05) is 5.69 Å². The van der Waals surface area contributed by atoms with Crippen molar-refractivity contribution in [3.8, 4) is 5.75 Å². The molecular formula is C10H10F3NO3. The summed E-state index contributed by atoms with van der Waals surface area (Å²) in [6, 6.07) is 3.57. The third-order valence-electron chi connectivity index (χ3n) is 1.85. The quantitative estimate of drug-likeness (QED) is 0.876. The lowest BCUT2D eigenvalue weighted by Gasteiger charge is -2.11. The number of carbonyl (C=O) groups is 1. The fraction of sp³-hybridized carbons (Fsp3) is 0.300. The van der Waals surface area contributed by atoms with Gasteiger partial charge in [-0.05, 0) is 30.7 Å². The summed E-state index contributed by atoms with van der Waals surface area (Å²) in [7, 11) is 1.19. The fourth-order valence-electron chi connectivity index (χ4n) is 1.13. The van der Waals surface area contributed by atoms with Crippen molar-refractivity contribution in [1.82, 2.24) is 0 Å². The molecule has 0 fully saturated rings. The van der Waals surface area contributed by atoms with E-state index < -0.39 is 12.5 Å². The zero-order valence-electron chi connectivity index (χ0n) is 9.09. The Hall–Kier alpha value is -1.92. The second kappa shape index (κ2) is 4.94. The fourth-order valence-corrected chi connectivity index (χ4v) is 1.13. The molecule has 0 aliphatic carbocycles. The molecule has 1 rings (SSSR count). The largest absolute Gasteiger partial charge is 0.573 e. The van der Waals surface area contributed by atoms with Crippen molar-refractivity contribution in [3.05, 3.63) is 23.8 Å². The standard InChI is InChI=1S/C10H10F3NO3/c1-6-5-7(17-10(11,12)13)3-4-8(6)14-9(15)16-2/h3-5H,1-2H3,(H,14,15). The predicted molar refractivity (Wildman–Crippen MR) is 53.9 cm³/mol. The van der Waals surface area contributed by atoms with Crippen LogP contribution in [0.4, 0.5) is 23.7 Å². The number of hydrogen-bond donors (Lipinski definition) is 1. The van der Waals surface area contributed by atoms with Crippen LogP contribution in [0.2, 0.25) is 0 Å². The van der Waals surface area contributed by atoms with Gasteiger partial charge in [0.15, 0.2) is 0 Å². The van der Waals surface area contributed by atoms with Crippen molar-refractivity contribution < 1.29 is 27.4 Å². The lowest BCUT2D eigenvalue weighted by molar-refractivity contribution is -0.274. The Morgan fingerprint density at radius 2 is 2.00 bits per heavy atom. The number of nitrogens with one attached hydrogen (secondary N) is 1. The molecule has 1 amide bonds. The SMILES string of the molecule is COC(=O)Nc1ccc(OC(F)(F)F)cc1C. The maximum absolute atomic E-state index is 11.9. The number of rotatable bonds is 2. The highest BCUT2D eigenvalue weighted by Gasteiger charge is 2.31. The summed E-state index contributed by atoms with van der Waals surface area (Å²) in [5, 5.41) is 2.35. The van der Waals surface area contributed by atoms with E-state index in [0.29, 0.717) is 11.3 Å². The van der Waals surface area contributed by atoms with E-state index in [1.807, 2.05) is 0 Å². The van der Waals surface area contributed by atoms with Crippen molar-refractivity contribution in [1.29, 1.82) is 0 Å². The number of benzene rings is 1. The van der Waals surface area contributed by atoms with E-state index in [1.54, 1.807) is 0 Å². The highest BCUT2D eigenvalue weighted by Crippen LogP contribution is 2.26. The summed E-state index contributed by atoms with van der Waals surface area (Å²) in [5.74, 6) is -0.342. The number of ether oxygens (including phenoxy) is 2. The van der Waals surface area contributed by atoms with Crippen LogP contribution >= 0.6 is 0 Å². The van der Waals surface area contributed by atoms with Gasteiger partial charge in [0.25, 0.3) is 0 Å². The minimum atomic E-state index is -4.73. The number of carbonyl (C=O) groups excluding carboxylic acids is 1. The van der Waals surface area contributed by atoms with Gasteiger partial charge in [0.2, 0.25) is 0 Å². The van der Waals surface area contributed by atoms with Crippen LogP contribution in [0.1, 0.15) is 5.56 Å². The molecule has 0 aromatic heterocycles. The number of methoxy groups -OCH3 is 1. The Morgan fingerprint density at radius 3 is 2.47 bits per heavy atom. The maximum Gasteiger partial charge on any atom is 0.573 e. The van der Waals surface area contributed by atoms with Crippen molar-refractivity contribution in [3.63, 3.8) is 0 Å². The van der Waals surface area contributed by atoms with Crippen molar-refractivity contribution in [2.75, 3.05) is 12.4 Å². The van der Waals surface area contributed by atoms with Gasteiger partial charge in [-0.25, -0.2) is 4.79 Å². The molecule has 7 heteroatoms. The van der Waals surface area contributed by atoms with Gasteiger partial charge in [-0.1, -0.05) is 0 Å². The van der Waals surface area contributed by atoms with Gasteiger partial charge < -0.3 is 9.47 Å². The van der Waals surface area contributed by atoms with Gasteiger partial charge in [0.05, 0.1) is 7.11 Å². The molecule has 1 aromatic carbocycles. The Kier molecular flexibility index (Phi) is 3.82. The Balaban J connectivity index is 2.83. The average molecular weight is 249 g/mol. The molecule has 0 heterocycles. The van der Waals surface area contributed by atoms with Gasteiger partial charge in [-0.15, -0.1) is 13.2 Å². The molecule has 0 aliphatic rings. The second-order valence-electron chi connectivity index (χ2n) is 3.14. The van der Waals surface area contributed by atoms with Crippen LogP contribution in [0, 0.1) is 6.92 Å². The number of alkyl halides is 3. The molecule has 1 aromatic rings. The van der Waals surface area contributed by atoms with Crippen LogP contribution in [0.15, 0.2) is 18.2 Å². The van der Waals surface area contributed by atoms with Gasteiger partial charge in [-0.3, -0.25) is 5.32 Å². The van der Waals surface area contributed by atoms with Crippen LogP contribution in [0.3, 0.4) is 0 Å². The summed E-state index contributed by atoms with van der Waals surface area (Å²) in [5.41, 5.74) is 0.781. The molecule has 4 nitrogen and oxygen atoms in total. The zero-order chi connectivity index (χ0) is 13.1. The van der Waals surface area contributed by atoms with Crippen molar-refractivity contribution >= 4 is 11.8 Å². The number of amides is 1. The molecule has 0 radical (unpaired) electrons. The lowest BCUT2D eigenvalue weighted by Crippen LogP contribution is -2.17. The topological polar surface area (TPSA) is 47.6 Å². The molecule has 0 bridgehead atoms. The van der Waals surface area contributed by atoms with Crippen molar-refractivity contribution in [2.24, 2.45) is 0 Å². The van der Waals surface area contributed by atoms with Crippen LogP contribution < -0.4 is 10.1 Å². The molecular weight excluding hydrogens is 239 g/mol. The lowest BCUT2D eigenvalue weighted by atomic mass is 10.2. The van der Waals surface area contributed by atoms with Gasteiger partial charge >= 0.3 is 12.5 Å². The van der Waals surface area contributed by atoms with E-state index in [4.69, 9.17) is 0 Å². The zero-order valence-corrected chi connectivity index (χ0v) is 9.09. The van der Waals surface area contributed by atoms with E-state index in [9.17, 15) is 18.0 Å². The number of anilines is 1. The first-order valence-electron chi connectivity index (χ1n) is 4.53. The molecule has 0 aliphatic heterocycles. The Bertz CT molecular complexity index is 418. The van der Waals surface area contributed by atoms with E-state index in [1.165, 1.54) is 26.2 Å². The minimum absolute atomic E-state index is 0.342. The number of aryl methyl sites for hydroxylation is 1. The first-order valence-corrected chi connectivity index (χ1v) is 4.53. The van der Waals surface area contributed by atoms with E-state index in [-0.39, 0.29) is 5.75 Å². The van der Waals surface area contributed by atoms with E-state index >= 15 is 0 Å². The summed E-state index contributed by atoms with van der Waals surface area (Å²) in [6.07, 6.45) is -5.43. The van der Waals surface area contributed by atoms with Crippen LogP contribution in [-0.4, -0.2) is 19.6 Å². The second-order valence-corrected chi connectivity index (χ2v) is 3.14. The summed E-state index contributed by atoms with van der Waals surface area (Å²) in [6.45, 7) is 1.54. The monoisotopic (exact) mass is 249 g/mol. The molecule has 0 atom stereocenters. The number of hydrogen-bond acceptors (Lipinski definition) is 3. The molecule has 17 heavy (non-hydrogen) atoms. The van der Waals surface area contributed by atoms with E-state index in [2.05, 4.69) is 14.8 Å².